The lowest BCUT2D eigenvalue weighted by Gasteiger charge is -2.32. The molecular weight excluding hydrogens is 394 g/mol. The van der Waals surface area contributed by atoms with E-state index in [-0.39, 0.29) is 24.6 Å². The van der Waals surface area contributed by atoms with E-state index in [2.05, 4.69) is 5.32 Å². The molecule has 2 aromatic carbocycles. The number of benzene rings is 2. The fourth-order valence-electron chi connectivity index (χ4n) is 2.87. The Morgan fingerprint density at radius 2 is 1.90 bits per heavy atom. The Kier molecular flexibility index (Phi) is 6.26. The molecule has 30 heavy (non-hydrogen) atoms. The third-order valence-corrected chi connectivity index (χ3v) is 4.34. The third-order valence-electron chi connectivity index (χ3n) is 4.34. The number of fused-ring (bicyclic) bond motifs is 1. The topological polar surface area (TPSA) is 128 Å². The second-order valence-electron chi connectivity index (χ2n) is 6.48. The van der Waals surface area contributed by atoms with Gasteiger partial charge in [0.15, 0.2) is 12.7 Å². The number of esters is 1. The Bertz CT molecular complexity index is 975. The van der Waals surface area contributed by atoms with Gasteiger partial charge in [-0.05, 0) is 31.2 Å². The summed E-state index contributed by atoms with van der Waals surface area (Å²) in [7, 11) is 0. The van der Waals surface area contributed by atoms with Crippen molar-refractivity contribution in [3.05, 3.63) is 58.6 Å². The smallest absolute Gasteiger partial charge is 0.308 e. The lowest BCUT2D eigenvalue weighted by molar-refractivity contribution is -0.384. The Morgan fingerprint density at radius 3 is 2.60 bits per heavy atom. The molecule has 0 saturated heterocycles. The highest BCUT2D eigenvalue weighted by Gasteiger charge is 2.31. The first-order valence-corrected chi connectivity index (χ1v) is 9.12. The number of non-ortho nitro benzene ring substituents is 1. The molecule has 1 aliphatic heterocycles. The van der Waals surface area contributed by atoms with Crippen molar-refractivity contribution < 1.29 is 28.8 Å². The van der Waals surface area contributed by atoms with Gasteiger partial charge < -0.3 is 19.7 Å². The fourth-order valence-corrected chi connectivity index (χ4v) is 2.87. The largest absolute Gasteiger partial charge is 0.479 e. The van der Waals surface area contributed by atoms with Gasteiger partial charge in [0.2, 0.25) is 0 Å². The number of carbonyl (C=O) groups is 3. The van der Waals surface area contributed by atoms with Crippen LogP contribution in [0.15, 0.2) is 48.5 Å². The molecular formula is C20H19N3O7. The summed E-state index contributed by atoms with van der Waals surface area (Å²) in [6.45, 7) is 1.21. The van der Waals surface area contributed by atoms with Crippen LogP contribution in [-0.4, -0.2) is 42.0 Å². The first kappa shape index (κ1) is 20.8. The fraction of sp³-hybridized carbons (Fsp3) is 0.250. The van der Waals surface area contributed by atoms with Crippen molar-refractivity contribution in [1.29, 1.82) is 0 Å². The Hall–Kier alpha value is -3.95. The van der Waals surface area contributed by atoms with Crippen molar-refractivity contribution in [3.8, 4) is 5.75 Å². The minimum atomic E-state index is -0.664. The molecule has 1 N–H and O–H groups in total. The van der Waals surface area contributed by atoms with Gasteiger partial charge in [0.25, 0.3) is 17.5 Å². The average molecular weight is 413 g/mol. The molecule has 0 bridgehead atoms. The van der Waals surface area contributed by atoms with Gasteiger partial charge in [-0.2, -0.15) is 0 Å². The van der Waals surface area contributed by atoms with E-state index < -0.39 is 29.5 Å². The van der Waals surface area contributed by atoms with Crippen LogP contribution in [0.4, 0.5) is 17.1 Å². The molecule has 3 rings (SSSR count). The van der Waals surface area contributed by atoms with Crippen LogP contribution >= 0.6 is 0 Å². The number of para-hydroxylation sites is 2. The second-order valence-corrected chi connectivity index (χ2v) is 6.48. The summed E-state index contributed by atoms with van der Waals surface area (Å²) in [5.74, 6) is -0.935. The normalized spacial score (nSPS) is 15.0. The standard InChI is InChI=1S/C20H19N3O7/c1-13-20(26)22(16-4-2-3-5-17(16)30-13)11-10-19(25)29-12-18(24)21-14-6-8-15(9-7-14)23(27)28/h2-9,13H,10-12H2,1H3,(H,21,24). The van der Waals surface area contributed by atoms with E-state index in [0.29, 0.717) is 17.1 Å². The van der Waals surface area contributed by atoms with Crippen LogP contribution in [0.1, 0.15) is 13.3 Å². The molecule has 156 valence electrons. The number of nitro benzene ring substituents is 1. The first-order valence-electron chi connectivity index (χ1n) is 9.12. The Balaban J connectivity index is 1.48. The molecule has 0 aliphatic carbocycles. The van der Waals surface area contributed by atoms with Gasteiger partial charge in [0.1, 0.15) is 5.75 Å². The number of nitro groups is 1. The van der Waals surface area contributed by atoms with Crippen LogP contribution in [0.25, 0.3) is 0 Å². The van der Waals surface area contributed by atoms with Gasteiger partial charge in [0, 0.05) is 24.4 Å². The van der Waals surface area contributed by atoms with Crippen molar-refractivity contribution in [2.75, 3.05) is 23.4 Å². The van der Waals surface area contributed by atoms with Gasteiger partial charge in [0.05, 0.1) is 17.0 Å². The minimum Gasteiger partial charge on any atom is -0.479 e. The van der Waals surface area contributed by atoms with Crippen LogP contribution in [-0.2, 0) is 19.1 Å². The molecule has 10 nitrogen and oxygen atoms in total. The van der Waals surface area contributed by atoms with Gasteiger partial charge in [-0.3, -0.25) is 24.5 Å². The lowest BCUT2D eigenvalue weighted by Crippen LogP contribution is -2.45. The number of hydrogen-bond donors (Lipinski definition) is 1. The molecule has 1 heterocycles. The van der Waals surface area contributed by atoms with E-state index in [4.69, 9.17) is 9.47 Å². The predicted molar refractivity (Wildman–Crippen MR) is 106 cm³/mol. The number of anilines is 2. The molecule has 2 amide bonds. The van der Waals surface area contributed by atoms with E-state index in [9.17, 15) is 24.5 Å². The van der Waals surface area contributed by atoms with Crippen LogP contribution in [0.3, 0.4) is 0 Å². The average Bonchev–Trinajstić information content (AvgIpc) is 2.73. The zero-order valence-corrected chi connectivity index (χ0v) is 16.1. The highest BCUT2D eigenvalue weighted by Crippen LogP contribution is 2.33. The monoisotopic (exact) mass is 413 g/mol. The molecule has 0 saturated carbocycles. The van der Waals surface area contributed by atoms with Gasteiger partial charge in [-0.1, -0.05) is 12.1 Å². The molecule has 0 fully saturated rings. The molecule has 1 unspecified atom stereocenters. The van der Waals surface area contributed by atoms with E-state index in [0.717, 1.165) is 0 Å². The number of amides is 2. The number of hydrogen-bond acceptors (Lipinski definition) is 7. The molecule has 2 aromatic rings. The van der Waals surface area contributed by atoms with Crippen LogP contribution in [0.2, 0.25) is 0 Å². The number of nitrogens with one attached hydrogen (secondary N) is 1. The van der Waals surface area contributed by atoms with E-state index in [1.807, 2.05) is 0 Å². The van der Waals surface area contributed by atoms with Crippen LogP contribution in [0.5, 0.6) is 5.75 Å². The van der Waals surface area contributed by atoms with Crippen LogP contribution in [0, 0.1) is 10.1 Å². The predicted octanol–water partition coefficient (Wildman–Crippen LogP) is 2.28. The zero-order valence-electron chi connectivity index (χ0n) is 16.1. The van der Waals surface area contributed by atoms with Crippen molar-refractivity contribution in [2.24, 2.45) is 0 Å². The van der Waals surface area contributed by atoms with Gasteiger partial charge >= 0.3 is 5.97 Å². The maximum atomic E-state index is 12.4. The summed E-state index contributed by atoms with van der Waals surface area (Å²) in [6, 6.07) is 12.3. The molecule has 1 aliphatic rings. The summed E-state index contributed by atoms with van der Waals surface area (Å²) >= 11 is 0. The third kappa shape index (κ3) is 4.90. The zero-order chi connectivity index (χ0) is 21.7. The van der Waals surface area contributed by atoms with Crippen molar-refractivity contribution in [1.82, 2.24) is 0 Å². The molecule has 0 spiro atoms. The number of nitrogens with zero attached hydrogens (tertiary/aromatic N) is 2. The van der Waals surface area contributed by atoms with Crippen molar-refractivity contribution >= 4 is 34.8 Å². The number of rotatable bonds is 7. The van der Waals surface area contributed by atoms with E-state index in [1.165, 1.54) is 29.2 Å². The number of carbonyl (C=O) groups excluding carboxylic acids is 3. The molecule has 0 radical (unpaired) electrons. The van der Waals surface area contributed by atoms with E-state index in [1.54, 1.807) is 31.2 Å². The molecule has 1 atom stereocenters. The SMILES string of the molecule is CC1Oc2ccccc2N(CCC(=O)OCC(=O)Nc2ccc([N+](=O)[O-])cc2)C1=O. The highest BCUT2D eigenvalue weighted by atomic mass is 16.6. The van der Waals surface area contributed by atoms with Crippen LogP contribution < -0.4 is 15.0 Å². The van der Waals surface area contributed by atoms with Crippen molar-refractivity contribution in [2.45, 2.75) is 19.4 Å². The minimum absolute atomic E-state index is 0.0896. The maximum absolute atomic E-state index is 12.4. The quantitative estimate of drug-likeness (QED) is 0.419. The Morgan fingerprint density at radius 1 is 1.20 bits per heavy atom. The maximum Gasteiger partial charge on any atom is 0.308 e. The molecule has 0 aromatic heterocycles. The highest BCUT2D eigenvalue weighted by molar-refractivity contribution is 6.00. The first-order chi connectivity index (χ1) is 14.3. The summed E-state index contributed by atoms with van der Waals surface area (Å²) in [6.07, 6.45) is -0.763. The summed E-state index contributed by atoms with van der Waals surface area (Å²) in [5.41, 5.74) is 0.809. The lowest BCUT2D eigenvalue weighted by atomic mass is 10.2. The summed E-state index contributed by atoms with van der Waals surface area (Å²) < 4.78 is 10.5. The number of ether oxygens (including phenoxy) is 2. The van der Waals surface area contributed by atoms with Crippen molar-refractivity contribution in [3.63, 3.8) is 0 Å². The molecule has 10 heteroatoms. The van der Waals surface area contributed by atoms with E-state index >= 15 is 0 Å². The van der Waals surface area contributed by atoms with Gasteiger partial charge in [-0.25, -0.2) is 0 Å². The summed E-state index contributed by atoms with van der Waals surface area (Å²) in [4.78, 5) is 47.8. The van der Waals surface area contributed by atoms with Gasteiger partial charge in [-0.15, -0.1) is 0 Å². The summed E-state index contributed by atoms with van der Waals surface area (Å²) in [5, 5.41) is 13.1. The second kappa shape index (κ2) is 9.03. The Labute approximate surface area is 171 Å².